The monoisotopic (exact) mass is 301 g/mol. The minimum atomic E-state index is -0.294. The lowest BCUT2D eigenvalue weighted by atomic mass is 9.57. The van der Waals surface area contributed by atoms with E-state index in [1.165, 1.54) is 0 Å². The molecule has 0 unspecified atom stereocenters. The van der Waals surface area contributed by atoms with Gasteiger partial charge >= 0.3 is 5.97 Å². The molecule has 0 bridgehead atoms. The minimum Gasteiger partial charge on any atom is -0.458 e. The zero-order chi connectivity index (χ0) is 15.3. The van der Waals surface area contributed by atoms with Crippen LogP contribution in [0.15, 0.2) is 24.7 Å². The molecule has 1 aliphatic carbocycles. The van der Waals surface area contributed by atoms with Crippen molar-refractivity contribution in [1.29, 1.82) is 0 Å². The molecule has 116 valence electrons. The van der Waals surface area contributed by atoms with Gasteiger partial charge < -0.3 is 9.47 Å². The molecule has 6 nitrogen and oxygen atoms in total. The van der Waals surface area contributed by atoms with Gasteiger partial charge in [-0.25, -0.2) is 4.79 Å². The van der Waals surface area contributed by atoms with Gasteiger partial charge in [-0.3, -0.25) is 4.40 Å². The normalized spacial score (nSPS) is 29.6. The van der Waals surface area contributed by atoms with E-state index >= 15 is 0 Å². The second-order valence-electron chi connectivity index (χ2n) is 6.76. The van der Waals surface area contributed by atoms with Crippen LogP contribution in [0.2, 0.25) is 0 Å². The largest absolute Gasteiger partial charge is 0.458 e. The van der Waals surface area contributed by atoms with Gasteiger partial charge in [0.1, 0.15) is 12.4 Å². The summed E-state index contributed by atoms with van der Waals surface area (Å²) in [5.41, 5.74) is 1.10. The first kappa shape index (κ1) is 13.7. The quantitative estimate of drug-likeness (QED) is 0.795. The summed E-state index contributed by atoms with van der Waals surface area (Å²) in [6.45, 7) is 5.04. The Kier molecular flexibility index (Phi) is 2.97. The molecule has 0 N–H and O–H groups in total. The molecule has 0 amide bonds. The Labute approximate surface area is 128 Å². The number of nitrogens with zero attached hydrogens (tertiary/aromatic N) is 3. The molecule has 6 heteroatoms. The van der Waals surface area contributed by atoms with Gasteiger partial charge in [-0.2, -0.15) is 0 Å². The van der Waals surface area contributed by atoms with Gasteiger partial charge in [-0.15, -0.1) is 10.2 Å². The molecule has 0 spiro atoms. The summed E-state index contributed by atoms with van der Waals surface area (Å²) in [4.78, 5) is 12.5. The third kappa shape index (κ3) is 1.94. The fourth-order valence-corrected chi connectivity index (χ4v) is 3.85. The molecule has 4 rings (SSSR count). The Morgan fingerprint density at radius 2 is 2.32 bits per heavy atom. The number of pyridine rings is 1. The first-order chi connectivity index (χ1) is 10.6. The predicted octanol–water partition coefficient (Wildman–Crippen LogP) is 2.09. The third-order valence-electron chi connectivity index (χ3n) is 4.98. The number of ether oxygens (including phenoxy) is 2. The van der Waals surface area contributed by atoms with Gasteiger partial charge in [0.15, 0.2) is 5.65 Å². The van der Waals surface area contributed by atoms with Crippen molar-refractivity contribution in [2.45, 2.75) is 38.9 Å². The molecule has 2 fully saturated rings. The number of carbonyl (C=O) groups excluding carboxylic acids is 1. The van der Waals surface area contributed by atoms with Crippen LogP contribution in [0.3, 0.4) is 0 Å². The SMILES string of the molecule is CC1(C)[C@@H]2OCCC[C@@H]2[C@H]1OC(=O)c1ccc2nncn2c1. The lowest BCUT2D eigenvalue weighted by Gasteiger charge is -2.58. The maximum Gasteiger partial charge on any atom is 0.339 e. The zero-order valence-corrected chi connectivity index (χ0v) is 12.7. The van der Waals surface area contributed by atoms with Crippen molar-refractivity contribution in [3.8, 4) is 0 Å². The number of hydrogen-bond donors (Lipinski definition) is 0. The minimum absolute atomic E-state index is 0.0816. The maximum absolute atomic E-state index is 12.5. The third-order valence-corrected chi connectivity index (χ3v) is 4.98. The van der Waals surface area contributed by atoms with Crippen molar-refractivity contribution in [2.75, 3.05) is 6.61 Å². The van der Waals surface area contributed by atoms with Crippen LogP contribution < -0.4 is 0 Å². The summed E-state index contributed by atoms with van der Waals surface area (Å²) < 4.78 is 13.4. The fourth-order valence-electron chi connectivity index (χ4n) is 3.85. The summed E-state index contributed by atoms with van der Waals surface area (Å²) in [5.74, 6) is 0.0315. The van der Waals surface area contributed by atoms with E-state index in [0.717, 1.165) is 19.4 Å². The average molecular weight is 301 g/mol. The Balaban J connectivity index is 1.53. The van der Waals surface area contributed by atoms with Crippen molar-refractivity contribution in [1.82, 2.24) is 14.6 Å². The highest BCUT2D eigenvalue weighted by atomic mass is 16.6. The van der Waals surface area contributed by atoms with Crippen molar-refractivity contribution in [3.05, 3.63) is 30.2 Å². The van der Waals surface area contributed by atoms with Crippen molar-refractivity contribution < 1.29 is 14.3 Å². The van der Waals surface area contributed by atoms with E-state index in [4.69, 9.17) is 9.47 Å². The van der Waals surface area contributed by atoms with Crippen LogP contribution in [0.5, 0.6) is 0 Å². The number of carbonyl (C=O) groups is 1. The molecule has 22 heavy (non-hydrogen) atoms. The first-order valence-electron chi connectivity index (χ1n) is 7.69. The smallest absolute Gasteiger partial charge is 0.339 e. The molecular weight excluding hydrogens is 282 g/mol. The number of esters is 1. The lowest BCUT2D eigenvalue weighted by molar-refractivity contribution is -0.243. The van der Waals surface area contributed by atoms with E-state index < -0.39 is 0 Å². The van der Waals surface area contributed by atoms with Crippen molar-refractivity contribution in [2.24, 2.45) is 11.3 Å². The summed E-state index contributed by atoms with van der Waals surface area (Å²) in [7, 11) is 0. The molecule has 2 aromatic heterocycles. The zero-order valence-electron chi connectivity index (χ0n) is 12.7. The summed E-state index contributed by atoms with van der Waals surface area (Å²) in [6, 6.07) is 3.49. The molecule has 2 aromatic rings. The molecule has 3 heterocycles. The van der Waals surface area contributed by atoms with Gasteiger partial charge in [-0.1, -0.05) is 13.8 Å². The van der Waals surface area contributed by atoms with E-state index in [0.29, 0.717) is 17.1 Å². The lowest BCUT2D eigenvalue weighted by Crippen LogP contribution is -2.65. The molecule has 3 atom stereocenters. The van der Waals surface area contributed by atoms with Gasteiger partial charge in [0, 0.05) is 24.1 Å². The Bertz CT molecular complexity index is 724. The molecular formula is C16H19N3O3. The van der Waals surface area contributed by atoms with Gasteiger partial charge in [0.05, 0.1) is 11.7 Å². The predicted molar refractivity (Wildman–Crippen MR) is 78.4 cm³/mol. The van der Waals surface area contributed by atoms with Gasteiger partial charge in [0.2, 0.25) is 0 Å². The number of fused-ring (bicyclic) bond motifs is 2. The van der Waals surface area contributed by atoms with E-state index in [9.17, 15) is 4.79 Å². The van der Waals surface area contributed by atoms with Gasteiger partial charge in [0.25, 0.3) is 0 Å². The number of aromatic nitrogens is 3. The van der Waals surface area contributed by atoms with Crippen molar-refractivity contribution in [3.63, 3.8) is 0 Å². The van der Waals surface area contributed by atoms with Crippen LogP contribution in [0, 0.1) is 11.3 Å². The summed E-state index contributed by atoms with van der Waals surface area (Å²) >= 11 is 0. The van der Waals surface area contributed by atoms with Crippen LogP contribution >= 0.6 is 0 Å². The highest BCUT2D eigenvalue weighted by molar-refractivity contribution is 5.89. The van der Waals surface area contributed by atoms with E-state index in [2.05, 4.69) is 24.0 Å². The summed E-state index contributed by atoms with van der Waals surface area (Å²) in [5, 5.41) is 7.74. The van der Waals surface area contributed by atoms with Crippen LogP contribution in [0.25, 0.3) is 5.65 Å². The topological polar surface area (TPSA) is 65.7 Å². The number of rotatable bonds is 2. The summed E-state index contributed by atoms with van der Waals surface area (Å²) in [6.07, 6.45) is 5.51. The molecule has 1 saturated carbocycles. The van der Waals surface area contributed by atoms with Crippen LogP contribution in [-0.2, 0) is 9.47 Å². The molecule has 0 radical (unpaired) electrons. The first-order valence-corrected chi connectivity index (χ1v) is 7.69. The molecule has 2 aliphatic rings. The van der Waals surface area contributed by atoms with Crippen LogP contribution in [0.1, 0.15) is 37.0 Å². The Morgan fingerprint density at radius 3 is 3.18 bits per heavy atom. The molecule has 1 saturated heterocycles. The second-order valence-corrected chi connectivity index (χ2v) is 6.76. The average Bonchev–Trinajstić information content (AvgIpc) is 3.00. The van der Waals surface area contributed by atoms with Crippen LogP contribution in [-0.4, -0.2) is 39.4 Å². The molecule has 1 aliphatic heterocycles. The van der Waals surface area contributed by atoms with Crippen molar-refractivity contribution >= 4 is 11.6 Å². The highest BCUT2D eigenvalue weighted by Crippen LogP contribution is 2.53. The maximum atomic E-state index is 12.5. The fraction of sp³-hybridized carbons (Fsp3) is 0.562. The molecule has 0 aromatic carbocycles. The standard InChI is InChI=1S/C16H19N3O3/c1-16(2)13-11(4-3-7-21-13)14(16)22-15(20)10-5-6-12-18-17-9-19(12)8-10/h5-6,8-9,11,13-14H,3-4,7H2,1-2H3/t11-,13+,14+/m0/s1. The Hall–Kier alpha value is -1.95. The second kappa shape index (κ2) is 4.78. The van der Waals surface area contributed by atoms with E-state index in [1.54, 1.807) is 29.1 Å². The van der Waals surface area contributed by atoms with E-state index in [-0.39, 0.29) is 23.6 Å². The number of hydrogen-bond acceptors (Lipinski definition) is 5. The van der Waals surface area contributed by atoms with Crippen LogP contribution in [0.4, 0.5) is 0 Å². The Morgan fingerprint density at radius 1 is 1.45 bits per heavy atom. The van der Waals surface area contributed by atoms with Gasteiger partial charge in [-0.05, 0) is 25.0 Å². The van der Waals surface area contributed by atoms with E-state index in [1.807, 2.05) is 0 Å². The highest BCUT2D eigenvalue weighted by Gasteiger charge is 2.60.